The minimum absolute atomic E-state index is 0.382. The van der Waals surface area contributed by atoms with E-state index in [1.165, 1.54) is 0 Å². The molecule has 0 fully saturated rings. The van der Waals surface area contributed by atoms with Crippen LogP contribution in [0.2, 0.25) is 5.02 Å². The number of hydrogen-bond acceptors (Lipinski definition) is 2. The Labute approximate surface area is 113 Å². The van der Waals surface area contributed by atoms with Gasteiger partial charge in [-0.25, -0.2) is 4.98 Å². The number of halogens is 2. The van der Waals surface area contributed by atoms with Gasteiger partial charge < -0.3 is 5.73 Å². The van der Waals surface area contributed by atoms with Gasteiger partial charge in [0, 0.05) is 11.8 Å². The Morgan fingerprint density at radius 1 is 1.29 bits per heavy atom. The summed E-state index contributed by atoms with van der Waals surface area (Å²) in [4.78, 5) is 4.07. The van der Waals surface area contributed by atoms with Crippen LogP contribution in [0.3, 0.4) is 0 Å². The second-order valence-corrected chi connectivity index (χ2v) is 4.76. The van der Waals surface area contributed by atoms with Crippen LogP contribution in [0.5, 0.6) is 0 Å². The van der Waals surface area contributed by atoms with Gasteiger partial charge in [-0.1, -0.05) is 48.5 Å². The molecule has 1 aromatic carbocycles. The third-order valence-corrected chi connectivity index (χ3v) is 3.65. The van der Waals surface area contributed by atoms with Crippen LogP contribution in [-0.2, 0) is 0 Å². The maximum atomic E-state index is 6.22. The highest BCUT2D eigenvalue weighted by Crippen LogP contribution is 2.35. The Hall–Kier alpha value is -1.32. The average molecular weight is 310 g/mol. The van der Waals surface area contributed by atoms with Gasteiger partial charge in [0.15, 0.2) is 0 Å². The molecule has 0 aliphatic carbocycles. The lowest BCUT2D eigenvalue weighted by Gasteiger charge is -2.11. The standard InChI is InChI=1S/C13H10BrClN2/c1-8(9-5-3-2-4-6-9)11-12(15)10(14)7-17-13(11)16/h2-7H,1H2,(H2,16,17). The summed E-state index contributed by atoms with van der Waals surface area (Å²) in [6, 6.07) is 9.74. The first-order chi connectivity index (χ1) is 8.11. The van der Waals surface area contributed by atoms with Gasteiger partial charge in [0.05, 0.1) is 9.50 Å². The van der Waals surface area contributed by atoms with Gasteiger partial charge in [0.1, 0.15) is 5.82 Å². The molecule has 2 nitrogen and oxygen atoms in total. The maximum absolute atomic E-state index is 6.22. The molecule has 0 saturated heterocycles. The Kier molecular flexibility index (Phi) is 3.50. The molecule has 17 heavy (non-hydrogen) atoms. The van der Waals surface area contributed by atoms with E-state index in [0.717, 1.165) is 11.1 Å². The van der Waals surface area contributed by atoms with Crippen molar-refractivity contribution in [3.05, 3.63) is 63.7 Å². The number of nitrogens with two attached hydrogens (primary N) is 1. The third kappa shape index (κ3) is 2.35. The lowest BCUT2D eigenvalue weighted by Crippen LogP contribution is -1.99. The summed E-state index contributed by atoms with van der Waals surface area (Å²) in [7, 11) is 0. The summed E-state index contributed by atoms with van der Waals surface area (Å²) in [5.74, 6) is 0.382. The SMILES string of the molecule is C=C(c1ccccc1)c1c(N)ncc(Br)c1Cl. The normalized spacial score (nSPS) is 10.2. The Morgan fingerprint density at radius 3 is 2.59 bits per heavy atom. The van der Waals surface area contributed by atoms with E-state index in [9.17, 15) is 0 Å². The number of rotatable bonds is 2. The number of anilines is 1. The first-order valence-corrected chi connectivity index (χ1v) is 6.12. The lowest BCUT2D eigenvalue weighted by molar-refractivity contribution is 1.30. The minimum atomic E-state index is 0.382. The van der Waals surface area contributed by atoms with Gasteiger partial charge in [-0.05, 0) is 27.1 Å². The summed E-state index contributed by atoms with van der Waals surface area (Å²) in [6.45, 7) is 4.03. The van der Waals surface area contributed by atoms with Gasteiger partial charge >= 0.3 is 0 Å². The molecule has 0 bridgehead atoms. The van der Waals surface area contributed by atoms with Crippen LogP contribution in [0.4, 0.5) is 5.82 Å². The van der Waals surface area contributed by atoms with E-state index in [1.54, 1.807) is 6.20 Å². The number of nitrogen functional groups attached to an aromatic ring is 1. The molecule has 86 valence electrons. The molecule has 0 atom stereocenters. The smallest absolute Gasteiger partial charge is 0.132 e. The number of hydrogen-bond donors (Lipinski definition) is 1. The topological polar surface area (TPSA) is 38.9 Å². The van der Waals surface area contributed by atoms with E-state index < -0.39 is 0 Å². The second-order valence-electron chi connectivity index (χ2n) is 3.52. The zero-order valence-electron chi connectivity index (χ0n) is 8.95. The molecule has 0 aliphatic heterocycles. The summed E-state index contributed by atoms with van der Waals surface area (Å²) in [5, 5.41) is 0.534. The molecule has 1 aromatic heterocycles. The highest BCUT2D eigenvalue weighted by Gasteiger charge is 2.14. The summed E-state index contributed by atoms with van der Waals surface area (Å²) in [5.41, 5.74) is 8.26. The fraction of sp³-hybridized carbons (Fsp3) is 0. The van der Waals surface area contributed by atoms with Gasteiger partial charge in [-0.3, -0.25) is 0 Å². The molecular weight excluding hydrogens is 300 g/mol. The van der Waals surface area contributed by atoms with E-state index in [1.807, 2.05) is 30.3 Å². The number of benzene rings is 1. The van der Waals surface area contributed by atoms with Crippen LogP contribution in [0.25, 0.3) is 5.57 Å². The summed E-state index contributed by atoms with van der Waals surface area (Å²) < 4.78 is 0.709. The first kappa shape index (κ1) is 12.1. The van der Waals surface area contributed by atoms with Crippen molar-refractivity contribution in [1.29, 1.82) is 0 Å². The van der Waals surface area contributed by atoms with Crippen LogP contribution in [0.15, 0.2) is 47.6 Å². The molecule has 2 aromatic rings. The Balaban J connectivity index is 2.56. The van der Waals surface area contributed by atoms with Crippen molar-refractivity contribution in [2.45, 2.75) is 0 Å². The molecule has 2 N–H and O–H groups in total. The molecular formula is C13H10BrClN2. The van der Waals surface area contributed by atoms with E-state index >= 15 is 0 Å². The lowest BCUT2D eigenvalue weighted by atomic mass is 10.0. The van der Waals surface area contributed by atoms with Crippen molar-refractivity contribution in [2.75, 3.05) is 5.73 Å². The van der Waals surface area contributed by atoms with Crippen molar-refractivity contribution in [3.63, 3.8) is 0 Å². The zero-order valence-corrected chi connectivity index (χ0v) is 11.3. The summed E-state index contributed by atoms with van der Waals surface area (Å²) in [6.07, 6.45) is 1.58. The third-order valence-electron chi connectivity index (χ3n) is 2.43. The number of nitrogens with zero attached hydrogens (tertiary/aromatic N) is 1. The average Bonchev–Trinajstić information content (AvgIpc) is 2.35. The van der Waals surface area contributed by atoms with Crippen molar-refractivity contribution >= 4 is 38.9 Å². The quantitative estimate of drug-likeness (QED) is 0.905. The highest BCUT2D eigenvalue weighted by molar-refractivity contribution is 9.10. The van der Waals surface area contributed by atoms with Crippen LogP contribution in [0.1, 0.15) is 11.1 Å². The fourth-order valence-electron chi connectivity index (χ4n) is 1.55. The Bertz CT molecular complexity index is 567. The molecule has 2 rings (SSSR count). The zero-order chi connectivity index (χ0) is 12.4. The van der Waals surface area contributed by atoms with Crippen LogP contribution < -0.4 is 5.73 Å². The van der Waals surface area contributed by atoms with Crippen molar-refractivity contribution in [1.82, 2.24) is 4.98 Å². The number of aromatic nitrogens is 1. The maximum Gasteiger partial charge on any atom is 0.132 e. The highest BCUT2D eigenvalue weighted by atomic mass is 79.9. The van der Waals surface area contributed by atoms with Gasteiger partial charge in [0.2, 0.25) is 0 Å². The van der Waals surface area contributed by atoms with Gasteiger partial charge in [-0.2, -0.15) is 0 Å². The van der Waals surface area contributed by atoms with Crippen molar-refractivity contribution in [3.8, 4) is 0 Å². The molecule has 0 aliphatic rings. The van der Waals surface area contributed by atoms with Crippen LogP contribution in [0, 0.1) is 0 Å². The first-order valence-electron chi connectivity index (χ1n) is 4.95. The van der Waals surface area contributed by atoms with Gasteiger partial charge in [0.25, 0.3) is 0 Å². The van der Waals surface area contributed by atoms with Crippen molar-refractivity contribution in [2.24, 2.45) is 0 Å². The van der Waals surface area contributed by atoms with Gasteiger partial charge in [-0.15, -0.1) is 0 Å². The monoisotopic (exact) mass is 308 g/mol. The number of pyridine rings is 1. The van der Waals surface area contributed by atoms with E-state index in [-0.39, 0.29) is 0 Å². The predicted molar refractivity (Wildman–Crippen MR) is 75.9 cm³/mol. The minimum Gasteiger partial charge on any atom is -0.383 e. The fourth-order valence-corrected chi connectivity index (χ4v) is 2.11. The van der Waals surface area contributed by atoms with Crippen molar-refractivity contribution < 1.29 is 0 Å². The molecule has 0 unspecified atom stereocenters. The van der Waals surface area contributed by atoms with E-state index in [0.29, 0.717) is 20.9 Å². The molecule has 0 spiro atoms. The largest absolute Gasteiger partial charge is 0.383 e. The van der Waals surface area contributed by atoms with Crippen LogP contribution >= 0.6 is 27.5 Å². The Morgan fingerprint density at radius 2 is 1.94 bits per heavy atom. The predicted octanol–water partition coefficient (Wildman–Crippen LogP) is 4.14. The molecule has 0 saturated carbocycles. The summed E-state index contributed by atoms with van der Waals surface area (Å²) >= 11 is 9.55. The van der Waals surface area contributed by atoms with Crippen LogP contribution in [-0.4, -0.2) is 4.98 Å². The molecule has 1 heterocycles. The van der Waals surface area contributed by atoms with E-state index in [4.69, 9.17) is 17.3 Å². The van der Waals surface area contributed by atoms with E-state index in [2.05, 4.69) is 27.5 Å². The molecule has 4 heteroatoms. The second kappa shape index (κ2) is 4.90. The molecule has 0 radical (unpaired) electrons. The molecule has 0 amide bonds.